The monoisotopic (exact) mass is 223 g/mol. The number of primary amides is 1. The van der Waals surface area contributed by atoms with E-state index in [1.165, 1.54) is 23.1 Å². The summed E-state index contributed by atoms with van der Waals surface area (Å²) in [6, 6.07) is 4.53. The quantitative estimate of drug-likeness (QED) is 0.617. The number of nitrogens with two attached hydrogens (primary N) is 2. The van der Waals surface area contributed by atoms with E-state index in [0.717, 1.165) is 0 Å². The number of aliphatic carboxylic acids is 1. The average Bonchev–Trinajstić information content (AvgIpc) is 2.15. The summed E-state index contributed by atoms with van der Waals surface area (Å²) in [6.07, 6.45) is 0. The first kappa shape index (κ1) is 11.8. The van der Waals surface area contributed by atoms with Crippen molar-refractivity contribution in [2.75, 3.05) is 24.2 Å². The molecule has 0 radical (unpaired) electrons. The number of carbonyl (C=O) groups excluding carboxylic acids is 1. The molecule has 16 heavy (non-hydrogen) atoms. The third-order valence-corrected chi connectivity index (χ3v) is 2.07. The number of rotatable bonds is 4. The number of carbonyl (C=O) groups is 2. The second-order valence-corrected chi connectivity index (χ2v) is 3.39. The molecule has 1 amide bonds. The van der Waals surface area contributed by atoms with Crippen LogP contribution >= 0.6 is 0 Å². The first-order valence-electron chi connectivity index (χ1n) is 4.54. The normalized spacial score (nSPS) is 9.81. The summed E-state index contributed by atoms with van der Waals surface area (Å²) >= 11 is 0. The number of amides is 1. The third kappa shape index (κ3) is 2.63. The molecule has 0 aliphatic heterocycles. The van der Waals surface area contributed by atoms with E-state index in [1.807, 2.05) is 0 Å². The van der Waals surface area contributed by atoms with Crippen molar-refractivity contribution >= 4 is 23.3 Å². The van der Waals surface area contributed by atoms with Crippen molar-refractivity contribution < 1.29 is 14.7 Å². The van der Waals surface area contributed by atoms with Gasteiger partial charge in [0.1, 0.15) is 6.54 Å². The second-order valence-electron chi connectivity index (χ2n) is 3.39. The number of anilines is 2. The van der Waals surface area contributed by atoms with Gasteiger partial charge in [0.2, 0.25) is 0 Å². The molecule has 5 N–H and O–H groups in total. The molecule has 1 aromatic rings. The molecule has 1 aromatic carbocycles. The predicted molar refractivity (Wildman–Crippen MR) is 60.3 cm³/mol. The molecule has 0 bridgehead atoms. The number of hydrogen-bond donors (Lipinski definition) is 3. The molecule has 0 unspecified atom stereocenters. The molecule has 0 spiro atoms. The van der Waals surface area contributed by atoms with Crippen LogP contribution in [0.2, 0.25) is 0 Å². The summed E-state index contributed by atoms with van der Waals surface area (Å²) in [7, 11) is 1.55. The van der Waals surface area contributed by atoms with Crippen LogP contribution in [0.3, 0.4) is 0 Å². The van der Waals surface area contributed by atoms with Gasteiger partial charge in [-0.3, -0.25) is 9.59 Å². The fourth-order valence-corrected chi connectivity index (χ4v) is 1.36. The Morgan fingerprint density at radius 3 is 2.56 bits per heavy atom. The smallest absolute Gasteiger partial charge is 0.323 e. The van der Waals surface area contributed by atoms with Crippen LogP contribution in [-0.4, -0.2) is 30.6 Å². The fraction of sp³-hybridized carbons (Fsp3) is 0.200. The van der Waals surface area contributed by atoms with Crippen molar-refractivity contribution in [3.05, 3.63) is 23.8 Å². The zero-order chi connectivity index (χ0) is 12.3. The van der Waals surface area contributed by atoms with Crippen molar-refractivity contribution in [1.29, 1.82) is 0 Å². The summed E-state index contributed by atoms with van der Waals surface area (Å²) < 4.78 is 0. The van der Waals surface area contributed by atoms with Gasteiger partial charge in [0.15, 0.2) is 0 Å². The summed E-state index contributed by atoms with van der Waals surface area (Å²) in [6.45, 7) is -0.232. The Labute approximate surface area is 92.4 Å². The maximum Gasteiger partial charge on any atom is 0.323 e. The van der Waals surface area contributed by atoms with Gasteiger partial charge in [-0.15, -0.1) is 0 Å². The lowest BCUT2D eigenvalue weighted by molar-refractivity contribution is -0.135. The van der Waals surface area contributed by atoms with Crippen LogP contribution in [0.5, 0.6) is 0 Å². The van der Waals surface area contributed by atoms with Crippen molar-refractivity contribution in [2.24, 2.45) is 5.73 Å². The van der Waals surface area contributed by atoms with Crippen molar-refractivity contribution in [3.8, 4) is 0 Å². The Kier molecular flexibility index (Phi) is 3.34. The summed E-state index contributed by atoms with van der Waals surface area (Å²) in [5.41, 5.74) is 11.9. The summed E-state index contributed by atoms with van der Waals surface area (Å²) in [4.78, 5) is 23.1. The topological polar surface area (TPSA) is 110 Å². The molecule has 0 heterocycles. The molecule has 0 aliphatic carbocycles. The van der Waals surface area contributed by atoms with E-state index in [2.05, 4.69) is 0 Å². The molecule has 0 aromatic heterocycles. The zero-order valence-corrected chi connectivity index (χ0v) is 8.80. The minimum Gasteiger partial charge on any atom is -0.480 e. The highest BCUT2D eigenvalue weighted by atomic mass is 16.4. The van der Waals surface area contributed by atoms with Gasteiger partial charge in [-0.25, -0.2) is 0 Å². The number of carboxylic acids is 1. The van der Waals surface area contributed by atoms with Crippen LogP contribution in [0.25, 0.3) is 0 Å². The van der Waals surface area contributed by atoms with Crippen LogP contribution in [-0.2, 0) is 4.79 Å². The molecular formula is C10H13N3O3. The zero-order valence-electron chi connectivity index (χ0n) is 8.80. The molecule has 6 heteroatoms. The largest absolute Gasteiger partial charge is 0.480 e. The van der Waals surface area contributed by atoms with E-state index in [1.54, 1.807) is 7.05 Å². The van der Waals surface area contributed by atoms with E-state index in [9.17, 15) is 9.59 Å². The van der Waals surface area contributed by atoms with Gasteiger partial charge in [0, 0.05) is 12.7 Å². The second kappa shape index (κ2) is 4.52. The summed E-state index contributed by atoms with van der Waals surface area (Å²) in [5, 5.41) is 8.65. The first-order chi connectivity index (χ1) is 7.41. The average molecular weight is 223 g/mol. The van der Waals surface area contributed by atoms with E-state index in [-0.39, 0.29) is 12.1 Å². The number of nitrogens with zero attached hydrogens (tertiary/aromatic N) is 1. The van der Waals surface area contributed by atoms with Crippen LogP contribution in [0.4, 0.5) is 11.4 Å². The van der Waals surface area contributed by atoms with E-state index in [4.69, 9.17) is 16.6 Å². The van der Waals surface area contributed by atoms with Crippen molar-refractivity contribution in [3.63, 3.8) is 0 Å². The first-order valence-corrected chi connectivity index (χ1v) is 4.54. The number of nitrogen functional groups attached to an aromatic ring is 1. The molecule has 0 saturated carbocycles. The highest BCUT2D eigenvalue weighted by Gasteiger charge is 2.14. The van der Waals surface area contributed by atoms with E-state index < -0.39 is 11.9 Å². The van der Waals surface area contributed by atoms with Gasteiger partial charge >= 0.3 is 5.97 Å². The number of benzene rings is 1. The number of hydrogen-bond acceptors (Lipinski definition) is 4. The molecule has 86 valence electrons. The molecule has 0 fully saturated rings. The Morgan fingerprint density at radius 1 is 1.44 bits per heavy atom. The fourth-order valence-electron chi connectivity index (χ4n) is 1.36. The molecule has 0 aliphatic rings. The lowest BCUT2D eigenvalue weighted by Gasteiger charge is -2.19. The molecule has 1 rings (SSSR count). The summed E-state index contributed by atoms with van der Waals surface area (Å²) in [5.74, 6) is -1.62. The Bertz CT molecular complexity index is 431. The van der Waals surface area contributed by atoms with Gasteiger partial charge in [0.05, 0.1) is 11.3 Å². The highest BCUT2D eigenvalue weighted by molar-refractivity contribution is 5.99. The van der Waals surface area contributed by atoms with Gasteiger partial charge in [-0.05, 0) is 18.2 Å². The van der Waals surface area contributed by atoms with Gasteiger partial charge in [-0.2, -0.15) is 0 Å². The van der Waals surface area contributed by atoms with Crippen molar-refractivity contribution in [1.82, 2.24) is 0 Å². The number of carboxylic acid groups (broad SMARTS) is 1. The van der Waals surface area contributed by atoms with Gasteiger partial charge in [0.25, 0.3) is 5.91 Å². The maximum absolute atomic E-state index is 11.1. The highest BCUT2D eigenvalue weighted by Crippen LogP contribution is 2.22. The molecule has 6 nitrogen and oxygen atoms in total. The van der Waals surface area contributed by atoms with Crippen LogP contribution in [0, 0.1) is 0 Å². The molecule has 0 atom stereocenters. The Morgan fingerprint density at radius 2 is 2.06 bits per heavy atom. The Hall–Kier alpha value is -2.24. The van der Waals surface area contributed by atoms with Crippen molar-refractivity contribution in [2.45, 2.75) is 0 Å². The SMILES string of the molecule is CN(CC(=O)O)c1cc(N)ccc1C(N)=O. The minimum absolute atomic E-state index is 0.232. The predicted octanol–water partition coefficient (Wildman–Crippen LogP) is -0.111. The lowest BCUT2D eigenvalue weighted by Crippen LogP contribution is -2.28. The third-order valence-electron chi connectivity index (χ3n) is 2.07. The number of likely N-dealkylation sites (N-methyl/N-ethyl adjacent to an activating group) is 1. The standard InChI is InChI=1S/C10H13N3O3/c1-13(5-9(14)15)8-4-6(11)2-3-7(8)10(12)16/h2-4H,5,11H2,1H3,(H2,12,16)(H,14,15). The van der Waals surface area contributed by atoms with E-state index >= 15 is 0 Å². The Balaban J connectivity index is 3.13. The van der Waals surface area contributed by atoms with Crippen LogP contribution in [0.1, 0.15) is 10.4 Å². The van der Waals surface area contributed by atoms with E-state index in [0.29, 0.717) is 11.4 Å². The van der Waals surface area contributed by atoms with Gasteiger partial charge < -0.3 is 21.5 Å². The maximum atomic E-state index is 11.1. The van der Waals surface area contributed by atoms with Crippen LogP contribution < -0.4 is 16.4 Å². The van der Waals surface area contributed by atoms with Gasteiger partial charge in [-0.1, -0.05) is 0 Å². The lowest BCUT2D eigenvalue weighted by atomic mass is 10.1. The van der Waals surface area contributed by atoms with Crippen LogP contribution in [0.15, 0.2) is 18.2 Å². The molecular weight excluding hydrogens is 210 g/mol. The minimum atomic E-state index is -1.000. The molecule has 0 saturated heterocycles.